The van der Waals surface area contributed by atoms with E-state index in [2.05, 4.69) is 30.3 Å². The van der Waals surface area contributed by atoms with E-state index in [0.29, 0.717) is 43.6 Å². The SMILES string of the molecule is O=C1CCC(=O)C(C2Cc3c(OCc4ccc5ccccc5c4)cccc3C2=O)CC1. The van der Waals surface area contributed by atoms with E-state index in [9.17, 15) is 14.4 Å². The molecule has 0 amide bonds. The Kier molecular flexibility index (Phi) is 5.14. The van der Waals surface area contributed by atoms with Gasteiger partial charge in [-0.3, -0.25) is 14.4 Å². The number of ketones is 3. The van der Waals surface area contributed by atoms with Crippen molar-refractivity contribution in [3.05, 3.63) is 77.4 Å². The molecule has 2 aliphatic carbocycles. The highest BCUT2D eigenvalue weighted by molar-refractivity contribution is 6.05. The third-order valence-corrected chi connectivity index (χ3v) is 6.65. The van der Waals surface area contributed by atoms with Crippen molar-refractivity contribution in [3.63, 3.8) is 0 Å². The fourth-order valence-electron chi connectivity index (χ4n) is 4.95. The summed E-state index contributed by atoms with van der Waals surface area (Å²) in [5, 5.41) is 2.35. The topological polar surface area (TPSA) is 60.4 Å². The maximum Gasteiger partial charge on any atom is 0.167 e. The molecular formula is C27H24O4. The van der Waals surface area contributed by atoms with E-state index in [0.717, 1.165) is 11.1 Å². The van der Waals surface area contributed by atoms with Gasteiger partial charge in [0.1, 0.15) is 23.9 Å². The van der Waals surface area contributed by atoms with E-state index in [-0.39, 0.29) is 35.6 Å². The summed E-state index contributed by atoms with van der Waals surface area (Å²) in [7, 11) is 0. The van der Waals surface area contributed by atoms with E-state index in [1.54, 1.807) is 0 Å². The number of ether oxygens (including phenoxy) is 1. The molecule has 4 heteroatoms. The molecule has 2 aliphatic rings. The zero-order valence-electron chi connectivity index (χ0n) is 17.3. The summed E-state index contributed by atoms with van der Waals surface area (Å²) in [6, 6.07) is 20.0. The van der Waals surface area contributed by atoms with Gasteiger partial charge in [0.2, 0.25) is 0 Å². The van der Waals surface area contributed by atoms with Crippen molar-refractivity contribution in [2.24, 2.45) is 11.8 Å². The van der Waals surface area contributed by atoms with Gasteiger partial charge in [0.05, 0.1) is 0 Å². The van der Waals surface area contributed by atoms with Gasteiger partial charge < -0.3 is 4.74 Å². The first-order chi connectivity index (χ1) is 15.1. The molecule has 156 valence electrons. The summed E-state index contributed by atoms with van der Waals surface area (Å²) < 4.78 is 6.15. The van der Waals surface area contributed by atoms with E-state index < -0.39 is 0 Å². The van der Waals surface area contributed by atoms with Crippen LogP contribution in [0.1, 0.15) is 47.2 Å². The lowest BCUT2D eigenvalue weighted by Crippen LogP contribution is -2.27. The normalized spacial score (nSPS) is 21.2. The van der Waals surface area contributed by atoms with Crippen LogP contribution in [0.5, 0.6) is 5.75 Å². The monoisotopic (exact) mass is 412 g/mol. The van der Waals surface area contributed by atoms with Gasteiger partial charge >= 0.3 is 0 Å². The zero-order valence-corrected chi connectivity index (χ0v) is 17.3. The Balaban J connectivity index is 1.36. The third kappa shape index (κ3) is 3.78. The summed E-state index contributed by atoms with van der Waals surface area (Å²) in [4.78, 5) is 37.5. The Labute approximate surface area is 181 Å². The van der Waals surface area contributed by atoms with Crippen LogP contribution in [0.3, 0.4) is 0 Å². The fourth-order valence-corrected chi connectivity index (χ4v) is 4.95. The van der Waals surface area contributed by atoms with Gasteiger partial charge in [-0.15, -0.1) is 0 Å². The predicted octanol–water partition coefficient (Wildman–Crippen LogP) is 5.10. The molecule has 3 aromatic carbocycles. The highest BCUT2D eigenvalue weighted by atomic mass is 16.5. The van der Waals surface area contributed by atoms with Crippen LogP contribution in [-0.2, 0) is 22.6 Å². The van der Waals surface area contributed by atoms with Gasteiger partial charge in [0.15, 0.2) is 5.78 Å². The second-order valence-electron chi connectivity index (χ2n) is 8.58. The maximum atomic E-state index is 13.1. The number of benzene rings is 3. The first-order valence-corrected chi connectivity index (χ1v) is 10.9. The summed E-state index contributed by atoms with van der Waals surface area (Å²) >= 11 is 0. The number of Topliss-reactive ketones (excluding diaryl/α,β-unsaturated/α-hetero) is 3. The molecule has 1 fully saturated rings. The maximum absolute atomic E-state index is 13.1. The van der Waals surface area contributed by atoms with Crippen molar-refractivity contribution in [2.75, 3.05) is 0 Å². The molecule has 5 rings (SSSR count). The van der Waals surface area contributed by atoms with Crippen LogP contribution in [0, 0.1) is 11.8 Å². The summed E-state index contributed by atoms with van der Waals surface area (Å²) in [6.07, 6.45) is 1.95. The van der Waals surface area contributed by atoms with E-state index in [4.69, 9.17) is 4.74 Å². The average molecular weight is 412 g/mol. The molecule has 1 saturated carbocycles. The minimum Gasteiger partial charge on any atom is -0.489 e. The lowest BCUT2D eigenvalue weighted by atomic mass is 9.82. The predicted molar refractivity (Wildman–Crippen MR) is 118 cm³/mol. The fraction of sp³-hybridized carbons (Fsp3) is 0.296. The Bertz CT molecular complexity index is 1190. The summed E-state index contributed by atoms with van der Waals surface area (Å²) in [6.45, 7) is 0.414. The van der Waals surface area contributed by atoms with Gasteiger partial charge in [-0.2, -0.15) is 0 Å². The number of rotatable bonds is 4. The number of carbonyl (C=O) groups excluding carboxylic acids is 3. The first-order valence-electron chi connectivity index (χ1n) is 10.9. The van der Waals surface area contributed by atoms with Crippen molar-refractivity contribution in [1.82, 2.24) is 0 Å². The van der Waals surface area contributed by atoms with Crippen LogP contribution in [0.4, 0.5) is 0 Å². The Hall–Kier alpha value is -3.27. The smallest absolute Gasteiger partial charge is 0.167 e. The highest BCUT2D eigenvalue weighted by Crippen LogP contribution is 2.40. The molecule has 0 aliphatic heterocycles. The average Bonchev–Trinajstić information content (AvgIpc) is 3.03. The van der Waals surface area contributed by atoms with Gasteiger partial charge in [-0.1, -0.05) is 48.5 Å². The Morgan fingerprint density at radius 2 is 1.65 bits per heavy atom. The Morgan fingerprint density at radius 3 is 2.52 bits per heavy atom. The second kappa shape index (κ2) is 8.10. The van der Waals surface area contributed by atoms with Crippen LogP contribution >= 0.6 is 0 Å². The van der Waals surface area contributed by atoms with Gasteiger partial charge in [0.25, 0.3) is 0 Å². The first kappa shape index (κ1) is 19.7. The molecule has 3 aromatic rings. The van der Waals surface area contributed by atoms with Crippen LogP contribution in [0.25, 0.3) is 10.8 Å². The molecular weight excluding hydrogens is 388 g/mol. The number of carbonyl (C=O) groups is 3. The standard InChI is InChI=1S/C27H24O4/c28-20-10-12-21(25(29)13-11-20)24-15-23-22(27(24)30)6-3-7-26(23)31-16-17-8-9-18-4-1-2-5-19(18)14-17/h1-9,14,21,24H,10-13,15-16H2. The van der Waals surface area contributed by atoms with Gasteiger partial charge in [-0.05, 0) is 41.3 Å². The molecule has 0 aromatic heterocycles. The molecule has 4 nitrogen and oxygen atoms in total. The number of hydrogen-bond donors (Lipinski definition) is 0. The molecule has 31 heavy (non-hydrogen) atoms. The minimum atomic E-state index is -0.376. The lowest BCUT2D eigenvalue weighted by molar-refractivity contribution is -0.124. The van der Waals surface area contributed by atoms with E-state index in [1.807, 2.05) is 30.3 Å². The van der Waals surface area contributed by atoms with Crippen molar-refractivity contribution in [2.45, 2.75) is 38.7 Å². The van der Waals surface area contributed by atoms with Crippen LogP contribution in [0.15, 0.2) is 60.7 Å². The van der Waals surface area contributed by atoms with Gasteiger partial charge in [-0.25, -0.2) is 0 Å². The molecule has 2 unspecified atom stereocenters. The minimum absolute atomic E-state index is 0.0128. The highest BCUT2D eigenvalue weighted by Gasteiger charge is 2.41. The largest absolute Gasteiger partial charge is 0.489 e. The third-order valence-electron chi connectivity index (χ3n) is 6.65. The zero-order chi connectivity index (χ0) is 21.4. The molecule has 0 N–H and O–H groups in total. The van der Waals surface area contributed by atoms with Crippen LogP contribution in [0.2, 0.25) is 0 Å². The quantitative estimate of drug-likeness (QED) is 0.559. The van der Waals surface area contributed by atoms with Crippen LogP contribution in [-0.4, -0.2) is 17.3 Å². The molecule has 0 saturated heterocycles. The van der Waals surface area contributed by atoms with Crippen molar-refractivity contribution >= 4 is 28.1 Å². The van der Waals surface area contributed by atoms with Crippen molar-refractivity contribution in [3.8, 4) is 5.75 Å². The summed E-state index contributed by atoms with van der Waals surface area (Å²) in [5.41, 5.74) is 2.61. The molecule has 2 atom stereocenters. The van der Waals surface area contributed by atoms with Crippen molar-refractivity contribution in [1.29, 1.82) is 0 Å². The number of fused-ring (bicyclic) bond motifs is 2. The molecule has 0 radical (unpaired) electrons. The van der Waals surface area contributed by atoms with Crippen LogP contribution < -0.4 is 4.74 Å². The molecule has 0 bridgehead atoms. The number of hydrogen-bond acceptors (Lipinski definition) is 4. The molecule has 0 spiro atoms. The van der Waals surface area contributed by atoms with Gasteiger partial charge in [0, 0.05) is 42.2 Å². The molecule has 0 heterocycles. The van der Waals surface area contributed by atoms with Crippen molar-refractivity contribution < 1.29 is 19.1 Å². The Morgan fingerprint density at radius 1 is 0.806 bits per heavy atom. The summed E-state index contributed by atoms with van der Waals surface area (Å²) in [5.74, 6) is 0.157. The second-order valence-corrected chi connectivity index (χ2v) is 8.58. The lowest BCUT2D eigenvalue weighted by Gasteiger charge is -2.18. The van der Waals surface area contributed by atoms with E-state index in [1.165, 1.54) is 10.8 Å². The van der Waals surface area contributed by atoms with E-state index >= 15 is 0 Å².